The highest BCUT2D eigenvalue weighted by Gasteiger charge is 2.59. The van der Waals surface area contributed by atoms with Crippen LogP contribution in [-0.2, 0) is 16.1 Å². The second kappa shape index (κ2) is 4.90. The number of likely N-dealkylation sites (tertiary alicyclic amines) is 1. The predicted molar refractivity (Wildman–Crippen MR) is 86.8 cm³/mol. The Labute approximate surface area is 139 Å². The molecule has 1 saturated carbocycles. The van der Waals surface area contributed by atoms with E-state index >= 15 is 0 Å². The molecule has 1 saturated heterocycles. The molecule has 120 valence electrons. The van der Waals surface area contributed by atoms with Crippen molar-refractivity contribution >= 4 is 11.8 Å². The van der Waals surface area contributed by atoms with Crippen LogP contribution in [0.3, 0.4) is 0 Å². The molecule has 3 aliphatic rings. The molecule has 2 aliphatic carbocycles. The van der Waals surface area contributed by atoms with Crippen LogP contribution in [0.15, 0.2) is 54.9 Å². The molecule has 2 fully saturated rings. The minimum atomic E-state index is -0.135. The fraction of sp³-hybridized carbons (Fsp3) is 0.316. The number of hydrogen-bond acceptors (Lipinski definition) is 3. The van der Waals surface area contributed by atoms with Gasteiger partial charge in [-0.3, -0.25) is 14.5 Å². The van der Waals surface area contributed by atoms with E-state index in [1.165, 1.54) is 4.90 Å². The Morgan fingerprint density at radius 3 is 2.38 bits per heavy atom. The smallest absolute Gasteiger partial charge is 0.234 e. The first kappa shape index (κ1) is 13.7. The fourth-order valence-corrected chi connectivity index (χ4v) is 4.57. The average Bonchev–Trinajstić information content (AvgIpc) is 3.37. The van der Waals surface area contributed by atoms with E-state index in [1.807, 2.05) is 36.5 Å². The summed E-state index contributed by atoms with van der Waals surface area (Å²) in [5.41, 5.74) is 1.84. The van der Waals surface area contributed by atoms with E-state index in [4.69, 9.17) is 0 Å². The van der Waals surface area contributed by atoms with Crippen molar-refractivity contribution in [1.82, 2.24) is 14.7 Å². The molecule has 1 aromatic carbocycles. The van der Waals surface area contributed by atoms with Crippen molar-refractivity contribution in [3.05, 3.63) is 60.4 Å². The summed E-state index contributed by atoms with van der Waals surface area (Å²) in [6.45, 7) is 0.320. The second-order valence-corrected chi connectivity index (χ2v) is 6.84. The molecule has 2 bridgehead atoms. The van der Waals surface area contributed by atoms with Crippen molar-refractivity contribution in [2.75, 3.05) is 0 Å². The fourth-order valence-electron chi connectivity index (χ4n) is 4.57. The van der Waals surface area contributed by atoms with Gasteiger partial charge in [0.05, 0.1) is 24.1 Å². The van der Waals surface area contributed by atoms with Crippen LogP contribution in [0, 0.1) is 23.7 Å². The zero-order valence-corrected chi connectivity index (χ0v) is 13.1. The first-order valence-corrected chi connectivity index (χ1v) is 8.35. The van der Waals surface area contributed by atoms with Crippen molar-refractivity contribution in [3.63, 3.8) is 0 Å². The first-order chi connectivity index (χ1) is 11.7. The molecule has 2 heterocycles. The number of nitrogens with zero attached hydrogens (tertiary/aromatic N) is 3. The van der Waals surface area contributed by atoms with Crippen molar-refractivity contribution in [2.24, 2.45) is 23.7 Å². The Hall–Kier alpha value is -2.69. The topological polar surface area (TPSA) is 55.2 Å². The molecule has 5 nitrogen and oxygen atoms in total. The van der Waals surface area contributed by atoms with Crippen LogP contribution in [0.2, 0.25) is 0 Å². The number of amides is 2. The van der Waals surface area contributed by atoms with Gasteiger partial charge in [-0.15, -0.1) is 0 Å². The van der Waals surface area contributed by atoms with Gasteiger partial charge >= 0.3 is 0 Å². The van der Waals surface area contributed by atoms with Crippen LogP contribution in [0.1, 0.15) is 12.0 Å². The predicted octanol–water partition coefficient (Wildman–Crippen LogP) is 2.18. The molecular formula is C19H17N3O2. The molecule has 1 aromatic heterocycles. The number of para-hydroxylation sites is 1. The highest BCUT2D eigenvalue weighted by Crippen LogP contribution is 2.52. The van der Waals surface area contributed by atoms with Crippen LogP contribution in [-0.4, -0.2) is 26.5 Å². The summed E-state index contributed by atoms with van der Waals surface area (Å²) >= 11 is 0. The Balaban J connectivity index is 1.48. The average molecular weight is 319 g/mol. The summed E-state index contributed by atoms with van der Waals surface area (Å²) in [6, 6.07) is 9.64. The van der Waals surface area contributed by atoms with E-state index in [-0.39, 0.29) is 35.5 Å². The number of benzene rings is 1. The van der Waals surface area contributed by atoms with Gasteiger partial charge in [0.15, 0.2) is 0 Å². The molecule has 5 rings (SSSR count). The van der Waals surface area contributed by atoms with Crippen molar-refractivity contribution in [2.45, 2.75) is 13.0 Å². The number of imide groups is 1. The molecule has 5 heteroatoms. The van der Waals surface area contributed by atoms with Gasteiger partial charge in [0.25, 0.3) is 0 Å². The summed E-state index contributed by atoms with van der Waals surface area (Å²) in [5.74, 6) is 0.230. The van der Waals surface area contributed by atoms with Gasteiger partial charge in [0, 0.05) is 12.4 Å². The highest BCUT2D eigenvalue weighted by molar-refractivity contribution is 6.06. The van der Waals surface area contributed by atoms with Crippen LogP contribution < -0.4 is 0 Å². The van der Waals surface area contributed by atoms with E-state index in [0.29, 0.717) is 6.54 Å². The van der Waals surface area contributed by atoms with Crippen LogP contribution in [0.25, 0.3) is 5.69 Å². The van der Waals surface area contributed by atoms with Crippen molar-refractivity contribution in [1.29, 1.82) is 0 Å². The maximum absolute atomic E-state index is 12.8. The maximum atomic E-state index is 12.8. The number of carbonyl (C=O) groups is 2. The Morgan fingerprint density at radius 1 is 1.00 bits per heavy atom. The zero-order valence-electron chi connectivity index (χ0n) is 13.1. The van der Waals surface area contributed by atoms with Gasteiger partial charge in [0.2, 0.25) is 11.8 Å². The third-order valence-corrected chi connectivity index (χ3v) is 5.63. The highest BCUT2D eigenvalue weighted by atomic mass is 16.2. The van der Waals surface area contributed by atoms with Crippen molar-refractivity contribution < 1.29 is 9.59 Å². The number of carbonyl (C=O) groups excluding carboxylic acids is 2. The zero-order chi connectivity index (χ0) is 16.3. The minimum Gasteiger partial charge on any atom is -0.277 e. The Kier molecular flexibility index (Phi) is 2.80. The molecule has 0 unspecified atom stereocenters. The number of aromatic nitrogens is 2. The second-order valence-electron chi connectivity index (χ2n) is 6.84. The van der Waals surface area contributed by atoms with E-state index < -0.39 is 0 Å². The number of fused-ring (bicyclic) bond motifs is 5. The lowest BCUT2D eigenvalue weighted by Gasteiger charge is -2.19. The van der Waals surface area contributed by atoms with Gasteiger partial charge in [0.1, 0.15) is 0 Å². The van der Waals surface area contributed by atoms with E-state index in [1.54, 1.807) is 10.9 Å². The molecule has 2 amide bonds. The van der Waals surface area contributed by atoms with Crippen LogP contribution in [0.5, 0.6) is 0 Å². The van der Waals surface area contributed by atoms with Gasteiger partial charge in [-0.2, -0.15) is 5.10 Å². The third-order valence-electron chi connectivity index (χ3n) is 5.63. The normalized spacial score (nSPS) is 30.4. The molecule has 4 atom stereocenters. The van der Waals surface area contributed by atoms with Gasteiger partial charge < -0.3 is 0 Å². The molecule has 0 radical (unpaired) electrons. The SMILES string of the molecule is O=C1[C@H]2[C@H](C(=O)N1Cc1ccccc1-n1cccn1)[C@H]1C=C[C@H]2C1. The lowest BCUT2D eigenvalue weighted by molar-refractivity contribution is -0.141. The van der Waals surface area contributed by atoms with Crippen LogP contribution >= 0.6 is 0 Å². The molecule has 0 spiro atoms. The third kappa shape index (κ3) is 1.78. The van der Waals surface area contributed by atoms with E-state index in [9.17, 15) is 9.59 Å². The van der Waals surface area contributed by atoms with Gasteiger partial charge in [-0.1, -0.05) is 30.4 Å². The standard InChI is InChI=1S/C19H17N3O2/c23-18-16-12-6-7-13(10-12)17(16)19(24)21(18)11-14-4-1-2-5-15(14)22-9-3-8-20-22/h1-9,12-13,16-17H,10-11H2/t12-,13-,16+,17+/m0/s1. The lowest BCUT2D eigenvalue weighted by atomic mass is 9.85. The van der Waals surface area contributed by atoms with Gasteiger partial charge in [-0.25, -0.2) is 4.68 Å². The summed E-state index contributed by atoms with van der Waals surface area (Å²) in [7, 11) is 0. The van der Waals surface area contributed by atoms with Gasteiger partial charge in [-0.05, 0) is 36.0 Å². The summed E-state index contributed by atoms with van der Waals surface area (Å²) < 4.78 is 1.77. The largest absolute Gasteiger partial charge is 0.277 e. The summed E-state index contributed by atoms with van der Waals surface area (Å²) in [6.07, 6.45) is 8.79. The molecule has 2 aromatic rings. The molecular weight excluding hydrogens is 302 g/mol. The van der Waals surface area contributed by atoms with Crippen molar-refractivity contribution in [3.8, 4) is 5.69 Å². The Morgan fingerprint density at radius 2 is 1.71 bits per heavy atom. The van der Waals surface area contributed by atoms with Crippen LogP contribution in [0.4, 0.5) is 0 Å². The van der Waals surface area contributed by atoms with E-state index in [0.717, 1.165) is 17.7 Å². The molecule has 0 N–H and O–H groups in total. The molecule has 1 aliphatic heterocycles. The monoisotopic (exact) mass is 319 g/mol. The number of allylic oxidation sites excluding steroid dienone is 2. The Bertz CT molecular complexity index is 825. The summed E-state index contributed by atoms with van der Waals surface area (Å²) in [5, 5.41) is 4.27. The lowest BCUT2D eigenvalue weighted by Crippen LogP contribution is -2.32. The quantitative estimate of drug-likeness (QED) is 0.643. The number of rotatable bonds is 3. The molecule has 24 heavy (non-hydrogen) atoms. The summed E-state index contributed by atoms with van der Waals surface area (Å²) in [4.78, 5) is 27.1. The first-order valence-electron chi connectivity index (χ1n) is 8.35. The van der Waals surface area contributed by atoms with E-state index in [2.05, 4.69) is 17.3 Å². The maximum Gasteiger partial charge on any atom is 0.234 e. The minimum absolute atomic E-state index is 0.00267. The number of hydrogen-bond donors (Lipinski definition) is 0.